The summed E-state index contributed by atoms with van der Waals surface area (Å²) in [6, 6.07) is 5.80. The third kappa shape index (κ3) is 3.20. The highest BCUT2D eigenvalue weighted by Crippen LogP contribution is 2.16. The highest BCUT2D eigenvalue weighted by molar-refractivity contribution is 6.31. The summed E-state index contributed by atoms with van der Waals surface area (Å²) in [5.74, 6) is -0.0550. The molecule has 1 saturated heterocycles. The summed E-state index contributed by atoms with van der Waals surface area (Å²) in [6.07, 6.45) is 2.33. The van der Waals surface area contributed by atoms with Gasteiger partial charge < -0.3 is 10.6 Å². The van der Waals surface area contributed by atoms with Gasteiger partial charge in [-0.3, -0.25) is 4.79 Å². The molecule has 17 heavy (non-hydrogen) atoms. The molecule has 1 heterocycles. The number of halogens is 1. The Balaban J connectivity index is 1.92. The largest absolute Gasteiger partial charge is 0.350 e. The van der Waals surface area contributed by atoms with Crippen molar-refractivity contribution in [1.82, 2.24) is 10.6 Å². The number of nitrogens with one attached hydrogen (secondary N) is 2. The van der Waals surface area contributed by atoms with Gasteiger partial charge in [0.05, 0.1) is 0 Å². The molecule has 1 atom stereocenters. The summed E-state index contributed by atoms with van der Waals surface area (Å²) in [4.78, 5) is 11.9. The van der Waals surface area contributed by atoms with Crippen LogP contribution in [0.4, 0.5) is 0 Å². The van der Waals surface area contributed by atoms with E-state index in [9.17, 15) is 4.79 Å². The summed E-state index contributed by atoms with van der Waals surface area (Å²) in [5, 5.41) is 6.91. The fourth-order valence-corrected chi connectivity index (χ4v) is 2.16. The minimum Gasteiger partial charge on any atom is -0.350 e. The molecule has 0 radical (unpaired) electrons. The molecule has 1 aliphatic heterocycles. The molecule has 2 N–H and O–H groups in total. The molecule has 0 bridgehead atoms. The number of hydrogen-bond donors (Lipinski definition) is 2. The van der Waals surface area contributed by atoms with Crippen molar-refractivity contribution < 1.29 is 4.79 Å². The normalized spacial score (nSPS) is 19.3. The van der Waals surface area contributed by atoms with E-state index < -0.39 is 0 Å². The Morgan fingerprint density at radius 2 is 2.41 bits per heavy atom. The van der Waals surface area contributed by atoms with Crippen LogP contribution in [0.15, 0.2) is 18.2 Å². The van der Waals surface area contributed by atoms with Crippen LogP contribution in [0.2, 0.25) is 5.02 Å². The number of aryl methyl sites for hydroxylation is 1. The van der Waals surface area contributed by atoms with Gasteiger partial charge >= 0.3 is 0 Å². The van der Waals surface area contributed by atoms with Crippen LogP contribution in [-0.2, 0) is 0 Å². The maximum atomic E-state index is 11.9. The SMILES string of the molecule is Cc1ccc(C(=O)NCC2CCCN2)cc1Cl. The smallest absolute Gasteiger partial charge is 0.251 e. The Kier molecular flexibility index (Phi) is 4.02. The van der Waals surface area contributed by atoms with Gasteiger partial charge in [0, 0.05) is 23.2 Å². The van der Waals surface area contributed by atoms with Gasteiger partial charge in [-0.2, -0.15) is 0 Å². The summed E-state index contributed by atoms with van der Waals surface area (Å²) in [5.41, 5.74) is 1.61. The van der Waals surface area contributed by atoms with Crippen LogP contribution in [0, 0.1) is 6.92 Å². The van der Waals surface area contributed by atoms with E-state index in [2.05, 4.69) is 10.6 Å². The predicted octanol–water partition coefficient (Wildman–Crippen LogP) is 2.13. The number of rotatable bonds is 3. The molecule has 4 heteroatoms. The number of carbonyl (C=O) groups excluding carboxylic acids is 1. The highest BCUT2D eigenvalue weighted by Gasteiger charge is 2.15. The molecule has 1 fully saturated rings. The van der Waals surface area contributed by atoms with Crippen LogP contribution in [0.5, 0.6) is 0 Å². The first-order chi connectivity index (χ1) is 8.16. The van der Waals surface area contributed by atoms with E-state index in [0.717, 1.165) is 18.5 Å². The van der Waals surface area contributed by atoms with Crippen LogP contribution in [-0.4, -0.2) is 25.0 Å². The molecule has 1 aliphatic rings. The summed E-state index contributed by atoms with van der Waals surface area (Å²) < 4.78 is 0. The van der Waals surface area contributed by atoms with Gasteiger partial charge in [-0.25, -0.2) is 0 Å². The molecule has 0 aliphatic carbocycles. The zero-order valence-electron chi connectivity index (χ0n) is 9.92. The number of amides is 1. The molecule has 1 aromatic carbocycles. The molecule has 0 aromatic heterocycles. The Morgan fingerprint density at radius 1 is 1.59 bits per heavy atom. The van der Waals surface area contributed by atoms with Crippen molar-refractivity contribution in [2.45, 2.75) is 25.8 Å². The highest BCUT2D eigenvalue weighted by atomic mass is 35.5. The van der Waals surface area contributed by atoms with E-state index in [1.54, 1.807) is 12.1 Å². The first-order valence-electron chi connectivity index (χ1n) is 5.94. The van der Waals surface area contributed by atoms with Gasteiger partial charge in [0.25, 0.3) is 5.91 Å². The van der Waals surface area contributed by atoms with E-state index in [-0.39, 0.29) is 5.91 Å². The summed E-state index contributed by atoms with van der Waals surface area (Å²) >= 11 is 5.99. The van der Waals surface area contributed by atoms with Crippen molar-refractivity contribution in [3.05, 3.63) is 34.3 Å². The number of benzene rings is 1. The molecule has 92 valence electrons. The van der Waals surface area contributed by atoms with Crippen molar-refractivity contribution >= 4 is 17.5 Å². The van der Waals surface area contributed by atoms with E-state index in [1.165, 1.54) is 6.42 Å². The second-order valence-corrected chi connectivity index (χ2v) is 4.87. The number of carbonyl (C=O) groups is 1. The number of hydrogen-bond acceptors (Lipinski definition) is 2. The van der Waals surface area contributed by atoms with Crippen molar-refractivity contribution in [2.24, 2.45) is 0 Å². The van der Waals surface area contributed by atoms with Gasteiger partial charge in [-0.05, 0) is 44.0 Å². The van der Waals surface area contributed by atoms with Gasteiger partial charge in [0.1, 0.15) is 0 Å². The Hall–Kier alpha value is -1.06. The van der Waals surface area contributed by atoms with Crippen LogP contribution in [0.1, 0.15) is 28.8 Å². The van der Waals surface area contributed by atoms with Gasteiger partial charge in [-0.15, -0.1) is 0 Å². The van der Waals surface area contributed by atoms with Gasteiger partial charge in [0.15, 0.2) is 0 Å². The van der Waals surface area contributed by atoms with Crippen LogP contribution >= 0.6 is 11.6 Å². The van der Waals surface area contributed by atoms with Crippen molar-refractivity contribution in [1.29, 1.82) is 0 Å². The third-order valence-corrected chi connectivity index (χ3v) is 3.51. The lowest BCUT2D eigenvalue weighted by Gasteiger charge is -2.11. The van der Waals surface area contributed by atoms with E-state index in [0.29, 0.717) is 23.2 Å². The molecule has 1 unspecified atom stereocenters. The van der Waals surface area contributed by atoms with Crippen molar-refractivity contribution in [2.75, 3.05) is 13.1 Å². The standard InChI is InChI=1S/C13H17ClN2O/c1-9-4-5-10(7-12(9)14)13(17)16-8-11-3-2-6-15-11/h4-5,7,11,15H,2-3,6,8H2,1H3,(H,16,17). The topological polar surface area (TPSA) is 41.1 Å². The maximum Gasteiger partial charge on any atom is 0.251 e. The van der Waals surface area contributed by atoms with Crippen LogP contribution in [0.25, 0.3) is 0 Å². The second kappa shape index (κ2) is 5.52. The maximum absolute atomic E-state index is 11.9. The van der Waals surface area contributed by atoms with Crippen molar-refractivity contribution in [3.8, 4) is 0 Å². The lowest BCUT2D eigenvalue weighted by atomic mass is 10.1. The van der Waals surface area contributed by atoms with Crippen molar-refractivity contribution in [3.63, 3.8) is 0 Å². The second-order valence-electron chi connectivity index (χ2n) is 4.47. The first kappa shape index (κ1) is 12.4. The Labute approximate surface area is 107 Å². The zero-order valence-corrected chi connectivity index (χ0v) is 10.7. The van der Waals surface area contributed by atoms with Crippen LogP contribution < -0.4 is 10.6 Å². The minimum absolute atomic E-state index is 0.0550. The van der Waals surface area contributed by atoms with E-state index in [4.69, 9.17) is 11.6 Å². The Morgan fingerprint density at radius 3 is 3.06 bits per heavy atom. The fraction of sp³-hybridized carbons (Fsp3) is 0.462. The molecule has 1 amide bonds. The third-order valence-electron chi connectivity index (χ3n) is 3.11. The molecular weight excluding hydrogens is 236 g/mol. The van der Waals surface area contributed by atoms with E-state index >= 15 is 0 Å². The van der Waals surface area contributed by atoms with Crippen LogP contribution in [0.3, 0.4) is 0 Å². The molecule has 2 rings (SSSR count). The van der Waals surface area contributed by atoms with E-state index in [1.807, 2.05) is 13.0 Å². The molecule has 1 aromatic rings. The molecule has 0 saturated carbocycles. The molecule has 3 nitrogen and oxygen atoms in total. The quantitative estimate of drug-likeness (QED) is 0.865. The average molecular weight is 253 g/mol. The monoisotopic (exact) mass is 252 g/mol. The summed E-state index contributed by atoms with van der Waals surface area (Å²) in [6.45, 7) is 3.66. The Bertz CT molecular complexity index is 414. The molecule has 0 spiro atoms. The minimum atomic E-state index is -0.0550. The van der Waals surface area contributed by atoms with Gasteiger partial charge in [0.2, 0.25) is 0 Å². The summed E-state index contributed by atoms with van der Waals surface area (Å²) in [7, 11) is 0. The zero-order chi connectivity index (χ0) is 12.3. The average Bonchev–Trinajstić information content (AvgIpc) is 2.82. The molecular formula is C13H17ClN2O. The lowest BCUT2D eigenvalue weighted by molar-refractivity contribution is 0.0950. The lowest BCUT2D eigenvalue weighted by Crippen LogP contribution is -2.37. The first-order valence-corrected chi connectivity index (χ1v) is 6.32. The van der Waals surface area contributed by atoms with Gasteiger partial charge in [-0.1, -0.05) is 17.7 Å². The predicted molar refractivity (Wildman–Crippen MR) is 69.5 cm³/mol. The fourth-order valence-electron chi connectivity index (χ4n) is 1.98.